The van der Waals surface area contributed by atoms with E-state index in [1.165, 1.54) is 5.56 Å². The van der Waals surface area contributed by atoms with E-state index in [9.17, 15) is 5.11 Å². The first-order valence-corrected chi connectivity index (χ1v) is 5.68. The van der Waals surface area contributed by atoms with Gasteiger partial charge in [-0.05, 0) is 24.0 Å². The molecule has 1 atom stereocenters. The lowest BCUT2D eigenvalue weighted by Gasteiger charge is -2.25. The fourth-order valence-electron chi connectivity index (χ4n) is 1.74. The number of rotatable bonds is 5. The Balaban J connectivity index is 2.87. The van der Waals surface area contributed by atoms with E-state index in [1.807, 2.05) is 19.1 Å². The molecule has 0 aliphatic rings. The molecule has 0 spiro atoms. The highest BCUT2D eigenvalue weighted by atomic mass is 16.3. The highest BCUT2D eigenvalue weighted by molar-refractivity contribution is 5.27. The van der Waals surface area contributed by atoms with Gasteiger partial charge in [0.05, 0.1) is 0 Å². The maximum absolute atomic E-state index is 10.2. The van der Waals surface area contributed by atoms with E-state index in [4.69, 9.17) is 5.73 Å². The summed E-state index contributed by atoms with van der Waals surface area (Å²) in [5.74, 6) is 0. The lowest BCUT2D eigenvalue weighted by Crippen LogP contribution is -2.34. The monoisotopic (exact) mass is 207 g/mol. The molecule has 0 bridgehead atoms. The molecular formula is C13H21NO. The number of aliphatic hydroxyl groups is 1. The molecule has 1 aromatic rings. The number of hydrogen-bond donors (Lipinski definition) is 2. The maximum atomic E-state index is 10.2. The van der Waals surface area contributed by atoms with Crippen molar-refractivity contribution < 1.29 is 5.11 Å². The molecule has 84 valence electrons. The molecule has 2 heteroatoms. The Morgan fingerprint density at radius 2 is 1.80 bits per heavy atom. The highest BCUT2D eigenvalue weighted by Crippen LogP contribution is 2.23. The Kier molecular flexibility index (Phi) is 4.30. The lowest BCUT2D eigenvalue weighted by atomic mass is 9.90. The molecule has 0 aliphatic carbocycles. The van der Waals surface area contributed by atoms with Crippen LogP contribution in [0.25, 0.3) is 0 Å². The second-order valence-electron chi connectivity index (χ2n) is 4.04. The molecule has 0 amide bonds. The van der Waals surface area contributed by atoms with Gasteiger partial charge in [0.25, 0.3) is 0 Å². The van der Waals surface area contributed by atoms with Crippen molar-refractivity contribution in [1.29, 1.82) is 0 Å². The molecule has 0 radical (unpaired) electrons. The summed E-state index contributed by atoms with van der Waals surface area (Å²) >= 11 is 0. The van der Waals surface area contributed by atoms with Crippen LogP contribution in [0.4, 0.5) is 0 Å². The van der Waals surface area contributed by atoms with Crippen LogP contribution in [0, 0.1) is 0 Å². The van der Waals surface area contributed by atoms with Crippen molar-refractivity contribution in [2.75, 3.05) is 6.54 Å². The van der Waals surface area contributed by atoms with Crippen molar-refractivity contribution in [3.05, 3.63) is 35.4 Å². The number of hydrogen-bond acceptors (Lipinski definition) is 2. The van der Waals surface area contributed by atoms with Crippen molar-refractivity contribution in [3.63, 3.8) is 0 Å². The van der Waals surface area contributed by atoms with Crippen LogP contribution < -0.4 is 5.73 Å². The van der Waals surface area contributed by atoms with E-state index in [0.717, 1.165) is 18.4 Å². The zero-order valence-electron chi connectivity index (χ0n) is 9.66. The predicted octanol–water partition coefficient (Wildman–Crippen LogP) is 2.20. The Hall–Kier alpha value is -0.860. The summed E-state index contributed by atoms with van der Waals surface area (Å²) in [6.07, 6.45) is 2.89. The number of aryl methyl sites for hydroxylation is 1. The third kappa shape index (κ3) is 2.80. The van der Waals surface area contributed by atoms with Crippen molar-refractivity contribution in [1.82, 2.24) is 0 Å². The molecule has 1 unspecified atom stereocenters. The van der Waals surface area contributed by atoms with E-state index < -0.39 is 5.60 Å². The summed E-state index contributed by atoms with van der Waals surface area (Å²) < 4.78 is 0. The van der Waals surface area contributed by atoms with E-state index in [-0.39, 0.29) is 6.54 Å². The zero-order valence-corrected chi connectivity index (χ0v) is 9.66. The first kappa shape index (κ1) is 12.2. The molecule has 0 saturated heterocycles. The summed E-state index contributed by atoms with van der Waals surface area (Å²) in [4.78, 5) is 0. The third-order valence-corrected chi connectivity index (χ3v) is 2.95. The first-order chi connectivity index (χ1) is 7.16. The average molecular weight is 207 g/mol. The van der Waals surface area contributed by atoms with E-state index in [2.05, 4.69) is 19.1 Å². The molecule has 3 N–H and O–H groups in total. The summed E-state index contributed by atoms with van der Waals surface area (Å²) in [7, 11) is 0. The van der Waals surface area contributed by atoms with Gasteiger partial charge in [-0.2, -0.15) is 0 Å². The molecule has 1 rings (SSSR count). The quantitative estimate of drug-likeness (QED) is 0.777. The second kappa shape index (κ2) is 5.29. The smallest absolute Gasteiger partial charge is 0.102 e. The van der Waals surface area contributed by atoms with Crippen LogP contribution in [0.1, 0.15) is 37.8 Å². The largest absolute Gasteiger partial charge is 0.384 e. The van der Waals surface area contributed by atoms with Crippen LogP contribution in [0.15, 0.2) is 24.3 Å². The molecule has 0 heterocycles. The highest BCUT2D eigenvalue weighted by Gasteiger charge is 2.24. The van der Waals surface area contributed by atoms with Gasteiger partial charge in [-0.1, -0.05) is 44.5 Å². The minimum Gasteiger partial charge on any atom is -0.384 e. The predicted molar refractivity (Wildman–Crippen MR) is 63.7 cm³/mol. The van der Waals surface area contributed by atoms with Gasteiger partial charge >= 0.3 is 0 Å². The van der Waals surface area contributed by atoms with Gasteiger partial charge in [0.2, 0.25) is 0 Å². The standard InChI is InChI=1S/C13H21NO/c1-3-5-11-6-8-12(9-7-11)13(15,4-2)10-14/h6-9,15H,3-5,10,14H2,1-2H3. The summed E-state index contributed by atoms with van der Waals surface area (Å²) in [5, 5.41) is 10.2. The summed E-state index contributed by atoms with van der Waals surface area (Å²) in [6, 6.07) is 8.13. The number of benzene rings is 1. The van der Waals surface area contributed by atoms with Crippen LogP contribution in [-0.4, -0.2) is 11.7 Å². The molecule has 0 aromatic heterocycles. The maximum Gasteiger partial charge on any atom is 0.102 e. The molecule has 0 saturated carbocycles. The van der Waals surface area contributed by atoms with Crippen molar-refractivity contribution >= 4 is 0 Å². The van der Waals surface area contributed by atoms with Crippen LogP contribution in [0.5, 0.6) is 0 Å². The zero-order chi connectivity index (χ0) is 11.3. The van der Waals surface area contributed by atoms with Crippen LogP contribution in [-0.2, 0) is 12.0 Å². The topological polar surface area (TPSA) is 46.2 Å². The molecule has 0 fully saturated rings. The van der Waals surface area contributed by atoms with E-state index >= 15 is 0 Å². The van der Waals surface area contributed by atoms with Gasteiger partial charge in [0.15, 0.2) is 0 Å². The third-order valence-electron chi connectivity index (χ3n) is 2.95. The summed E-state index contributed by atoms with van der Waals surface area (Å²) in [5.41, 5.74) is 6.98. The number of nitrogens with two attached hydrogens (primary N) is 1. The molecule has 0 aliphatic heterocycles. The van der Waals surface area contributed by atoms with Gasteiger partial charge in [-0.15, -0.1) is 0 Å². The molecular weight excluding hydrogens is 186 g/mol. The fraction of sp³-hybridized carbons (Fsp3) is 0.538. The summed E-state index contributed by atoms with van der Waals surface area (Å²) in [6.45, 7) is 4.39. The van der Waals surface area contributed by atoms with Crippen LogP contribution >= 0.6 is 0 Å². The first-order valence-electron chi connectivity index (χ1n) is 5.68. The minimum atomic E-state index is -0.856. The van der Waals surface area contributed by atoms with Crippen LogP contribution in [0.2, 0.25) is 0 Å². The Morgan fingerprint density at radius 3 is 2.20 bits per heavy atom. The Labute approximate surface area is 92.1 Å². The minimum absolute atomic E-state index is 0.274. The molecule has 1 aromatic carbocycles. The molecule has 2 nitrogen and oxygen atoms in total. The van der Waals surface area contributed by atoms with Crippen molar-refractivity contribution in [2.45, 2.75) is 38.7 Å². The Morgan fingerprint density at radius 1 is 1.20 bits per heavy atom. The SMILES string of the molecule is CCCc1ccc(C(O)(CC)CN)cc1. The van der Waals surface area contributed by atoms with Gasteiger partial charge in [-0.25, -0.2) is 0 Å². The van der Waals surface area contributed by atoms with Crippen LogP contribution in [0.3, 0.4) is 0 Å². The van der Waals surface area contributed by atoms with E-state index in [1.54, 1.807) is 0 Å². The lowest BCUT2D eigenvalue weighted by molar-refractivity contribution is 0.0418. The Bertz CT molecular complexity index is 288. The fourth-order valence-corrected chi connectivity index (χ4v) is 1.74. The van der Waals surface area contributed by atoms with Gasteiger partial charge in [0.1, 0.15) is 5.60 Å². The van der Waals surface area contributed by atoms with Gasteiger partial charge in [0, 0.05) is 6.54 Å². The van der Waals surface area contributed by atoms with E-state index in [0.29, 0.717) is 6.42 Å². The molecule has 15 heavy (non-hydrogen) atoms. The normalized spacial score (nSPS) is 14.9. The van der Waals surface area contributed by atoms with Gasteiger partial charge in [-0.3, -0.25) is 0 Å². The van der Waals surface area contributed by atoms with Gasteiger partial charge < -0.3 is 10.8 Å². The second-order valence-corrected chi connectivity index (χ2v) is 4.04. The van der Waals surface area contributed by atoms with Crippen molar-refractivity contribution in [3.8, 4) is 0 Å². The van der Waals surface area contributed by atoms with Crippen molar-refractivity contribution in [2.24, 2.45) is 5.73 Å². The average Bonchev–Trinajstić information content (AvgIpc) is 2.29.